The summed E-state index contributed by atoms with van der Waals surface area (Å²) in [6.45, 7) is 2.51. The van der Waals surface area contributed by atoms with Crippen LogP contribution in [0.4, 0.5) is 5.69 Å². The van der Waals surface area contributed by atoms with Crippen LogP contribution in [-0.2, 0) is 17.1 Å². The van der Waals surface area contributed by atoms with Crippen LogP contribution in [0.15, 0.2) is 82.7 Å². The third kappa shape index (κ3) is 4.58. The maximum Gasteiger partial charge on any atom is 0.279 e. The molecule has 32 heavy (non-hydrogen) atoms. The molecule has 1 amide bonds. The molecule has 0 aliphatic rings. The summed E-state index contributed by atoms with van der Waals surface area (Å²) in [5, 5.41) is 0. The smallest absolute Gasteiger partial charge is 0.279 e. The second-order valence-electron chi connectivity index (χ2n) is 6.92. The van der Waals surface area contributed by atoms with Gasteiger partial charge in [-0.1, -0.05) is 29.5 Å². The van der Waals surface area contributed by atoms with Crippen LogP contribution >= 0.6 is 11.3 Å². The summed E-state index contributed by atoms with van der Waals surface area (Å²) in [5.74, 6) is 0.364. The number of fused-ring (bicyclic) bond motifs is 1. The predicted molar refractivity (Wildman–Crippen MR) is 126 cm³/mol. The van der Waals surface area contributed by atoms with Crippen LogP contribution < -0.4 is 14.3 Å². The van der Waals surface area contributed by atoms with E-state index >= 15 is 0 Å². The predicted octanol–water partition coefficient (Wildman–Crippen LogP) is 4.18. The van der Waals surface area contributed by atoms with Gasteiger partial charge >= 0.3 is 0 Å². The van der Waals surface area contributed by atoms with E-state index in [-0.39, 0.29) is 4.90 Å². The first-order chi connectivity index (χ1) is 15.4. The highest BCUT2D eigenvalue weighted by Crippen LogP contribution is 2.23. The van der Waals surface area contributed by atoms with Gasteiger partial charge in [0.15, 0.2) is 4.80 Å². The molecule has 0 saturated carbocycles. The third-order valence-electron chi connectivity index (χ3n) is 4.73. The number of hydrogen-bond acceptors (Lipinski definition) is 5. The Balaban J connectivity index is 1.56. The molecule has 1 heterocycles. The molecule has 0 atom stereocenters. The van der Waals surface area contributed by atoms with Gasteiger partial charge in [-0.05, 0) is 61.5 Å². The van der Waals surface area contributed by atoms with Crippen molar-refractivity contribution in [3.05, 3.63) is 83.2 Å². The summed E-state index contributed by atoms with van der Waals surface area (Å²) in [6.07, 6.45) is 0. The van der Waals surface area contributed by atoms with E-state index in [0.29, 0.717) is 22.7 Å². The summed E-state index contributed by atoms with van der Waals surface area (Å²) >= 11 is 1.40. The molecule has 0 aliphatic carbocycles. The molecule has 3 aromatic carbocycles. The van der Waals surface area contributed by atoms with Crippen LogP contribution in [0.25, 0.3) is 10.2 Å². The fourth-order valence-electron chi connectivity index (χ4n) is 3.12. The number of carbonyl (C=O) groups excluding carboxylic acids is 1. The average molecular weight is 468 g/mol. The molecule has 0 saturated heterocycles. The minimum Gasteiger partial charge on any atom is -0.494 e. The van der Waals surface area contributed by atoms with Crippen molar-refractivity contribution in [2.24, 2.45) is 12.0 Å². The number of amides is 1. The van der Waals surface area contributed by atoms with Gasteiger partial charge in [0.25, 0.3) is 15.9 Å². The monoisotopic (exact) mass is 467 g/mol. The van der Waals surface area contributed by atoms with Crippen molar-refractivity contribution in [1.82, 2.24) is 4.57 Å². The van der Waals surface area contributed by atoms with Crippen molar-refractivity contribution >= 4 is 43.2 Å². The minimum absolute atomic E-state index is 0.167. The van der Waals surface area contributed by atoms with E-state index < -0.39 is 15.9 Å². The number of sulfonamides is 1. The molecule has 4 aromatic rings. The van der Waals surface area contributed by atoms with Crippen molar-refractivity contribution < 1.29 is 17.9 Å². The molecule has 0 spiro atoms. The molecule has 0 fully saturated rings. The Kier molecular flexibility index (Phi) is 6.11. The maximum atomic E-state index is 12.7. The quantitative estimate of drug-likeness (QED) is 0.461. The fourth-order valence-corrected chi connectivity index (χ4v) is 5.25. The van der Waals surface area contributed by atoms with E-state index in [1.54, 1.807) is 42.5 Å². The normalized spacial score (nSPS) is 12.1. The zero-order chi connectivity index (χ0) is 22.7. The van der Waals surface area contributed by atoms with Crippen molar-refractivity contribution in [2.45, 2.75) is 11.8 Å². The van der Waals surface area contributed by atoms with Gasteiger partial charge in [-0.2, -0.15) is 4.99 Å². The van der Waals surface area contributed by atoms with Gasteiger partial charge < -0.3 is 9.30 Å². The molecule has 4 rings (SSSR count). The lowest BCUT2D eigenvalue weighted by molar-refractivity contribution is 0.0998. The van der Waals surface area contributed by atoms with Gasteiger partial charge in [-0.25, -0.2) is 8.42 Å². The van der Waals surface area contributed by atoms with Gasteiger partial charge in [-0.15, -0.1) is 0 Å². The second-order valence-corrected chi connectivity index (χ2v) is 9.61. The number of rotatable bonds is 6. The lowest BCUT2D eigenvalue weighted by Gasteiger charge is -2.08. The van der Waals surface area contributed by atoms with Gasteiger partial charge in [0, 0.05) is 18.3 Å². The Hall–Kier alpha value is -3.43. The molecule has 0 aliphatic heterocycles. The van der Waals surface area contributed by atoms with E-state index in [2.05, 4.69) is 9.71 Å². The highest BCUT2D eigenvalue weighted by Gasteiger charge is 2.14. The number of anilines is 1. The SMILES string of the molecule is CCOc1ccc2c(c1)sc(=NC(=O)c1ccc(NS(=O)(=O)c3ccccc3)cc1)n2C. The van der Waals surface area contributed by atoms with Crippen molar-refractivity contribution in [3.63, 3.8) is 0 Å². The summed E-state index contributed by atoms with van der Waals surface area (Å²) in [7, 11) is -1.84. The lowest BCUT2D eigenvalue weighted by atomic mass is 10.2. The maximum absolute atomic E-state index is 12.7. The Morgan fingerprint density at radius 2 is 1.78 bits per heavy atom. The molecular weight excluding hydrogens is 446 g/mol. The Morgan fingerprint density at radius 3 is 2.47 bits per heavy atom. The van der Waals surface area contributed by atoms with Gasteiger partial charge in [0.1, 0.15) is 5.75 Å². The minimum atomic E-state index is -3.69. The van der Waals surface area contributed by atoms with Crippen LogP contribution in [0.3, 0.4) is 0 Å². The average Bonchev–Trinajstić information content (AvgIpc) is 3.09. The van der Waals surface area contributed by atoms with Crippen LogP contribution in [-0.4, -0.2) is 25.5 Å². The van der Waals surface area contributed by atoms with E-state index in [1.165, 1.54) is 23.5 Å². The first-order valence-electron chi connectivity index (χ1n) is 9.87. The first-order valence-corrected chi connectivity index (χ1v) is 12.2. The molecule has 0 radical (unpaired) electrons. The van der Waals surface area contributed by atoms with E-state index in [4.69, 9.17) is 4.74 Å². The number of thiazole rings is 1. The molecule has 7 nitrogen and oxygen atoms in total. The number of carbonyl (C=O) groups is 1. The van der Waals surface area contributed by atoms with Gasteiger partial charge in [0.2, 0.25) is 0 Å². The Bertz CT molecular complexity index is 1440. The number of aryl methyl sites for hydroxylation is 1. The zero-order valence-corrected chi connectivity index (χ0v) is 19.1. The van der Waals surface area contributed by atoms with Crippen LogP contribution in [0.1, 0.15) is 17.3 Å². The van der Waals surface area contributed by atoms with Gasteiger partial charge in [0.05, 0.1) is 21.7 Å². The van der Waals surface area contributed by atoms with Crippen LogP contribution in [0.5, 0.6) is 5.75 Å². The summed E-state index contributed by atoms with van der Waals surface area (Å²) < 4.78 is 35.8. The van der Waals surface area contributed by atoms with E-state index in [1.807, 2.05) is 36.7 Å². The molecule has 1 aromatic heterocycles. The van der Waals surface area contributed by atoms with Crippen molar-refractivity contribution in [2.75, 3.05) is 11.3 Å². The number of nitrogens with one attached hydrogen (secondary N) is 1. The van der Waals surface area contributed by atoms with E-state index in [0.717, 1.165) is 16.0 Å². The lowest BCUT2D eigenvalue weighted by Crippen LogP contribution is -2.14. The highest BCUT2D eigenvalue weighted by atomic mass is 32.2. The largest absolute Gasteiger partial charge is 0.494 e. The fraction of sp³-hybridized carbons (Fsp3) is 0.130. The number of nitrogens with zero attached hydrogens (tertiary/aromatic N) is 2. The third-order valence-corrected chi connectivity index (χ3v) is 7.22. The number of hydrogen-bond donors (Lipinski definition) is 1. The second kappa shape index (κ2) is 8.97. The van der Waals surface area contributed by atoms with Crippen LogP contribution in [0, 0.1) is 0 Å². The molecule has 0 bridgehead atoms. The zero-order valence-electron chi connectivity index (χ0n) is 17.5. The summed E-state index contributed by atoms with van der Waals surface area (Å²) in [4.78, 5) is 17.7. The van der Waals surface area contributed by atoms with Crippen LogP contribution in [0.2, 0.25) is 0 Å². The first kappa shape index (κ1) is 21.8. The standard InChI is InChI=1S/C23H21N3O4S2/c1-3-30-18-13-14-20-21(15-18)31-23(26(20)2)24-22(27)16-9-11-17(12-10-16)25-32(28,29)19-7-5-4-6-8-19/h4-15,25H,3H2,1-2H3. The Labute approximate surface area is 189 Å². The topological polar surface area (TPSA) is 89.8 Å². The number of ether oxygens (including phenoxy) is 1. The summed E-state index contributed by atoms with van der Waals surface area (Å²) in [6, 6.07) is 20.0. The van der Waals surface area contributed by atoms with Crippen molar-refractivity contribution in [3.8, 4) is 5.75 Å². The number of aromatic nitrogens is 1. The molecule has 0 unspecified atom stereocenters. The highest BCUT2D eigenvalue weighted by molar-refractivity contribution is 7.92. The summed E-state index contributed by atoms with van der Waals surface area (Å²) in [5.41, 5.74) is 1.68. The van der Waals surface area contributed by atoms with Gasteiger partial charge in [-0.3, -0.25) is 9.52 Å². The Morgan fingerprint density at radius 1 is 1.06 bits per heavy atom. The number of benzene rings is 3. The molecule has 1 N–H and O–H groups in total. The molecule has 9 heteroatoms. The van der Waals surface area contributed by atoms with Crippen molar-refractivity contribution in [1.29, 1.82) is 0 Å². The molecule has 164 valence electrons. The van der Waals surface area contributed by atoms with E-state index in [9.17, 15) is 13.2 Å². The molecular formula is C23H21N3O4S2.